The van der Waals surface area contributed by atoms with Crippen molar-refractivity contribution in [1.29, 1.82) is 0 Å². The molecule has 0 bridgehead atoms. The molecule has 0 fully saturated rings. The summed E-state index contributed by atoms with van der Waals surface area (Å²) in [7, 11) is 1.93. The first kappa shape index (κ1) is 13.0. The molecule has 0 amide bonds. The minimum atomic E-state index is 0.0863. The molecule has 1 N–H and O–H groups in total. The number of rotatable bonds is 4. The molecule has 5 heteroatoms. The molecule has 2 heterocycles. The van der Waals surface area contributed by atoms with Gasteiger partial charge in [-0.2, -0.15) is 0 Å². The van der Waals surface area contributed by atoms with Crippen molar-refractivity contribution < 1.29 is 14.3 Å². The monoisotopic (exact) mass is 274 g/mol. The van der Waals surface area contributed by atoms with Gasteiger partial charge in [-0.1, -0.05) is 13.8 Å². The number of ether oxygens (including phenoxy) is 2. The number of hydrogen-bond acceptors (Lipinski definition) is 4. The van der Waals surface area contributed by atoms with Crippen LogP contribution >= 0.6 is 0 Å². The van der Waals surface area contributed by atoms with Crippen molar-refractivity contribution in [3.8, 4) is 11.5 Å². The lowest BCUT2D eigenvalue weighted by molar-refractivity contribution is 0.0990. The van der Waals surface area contributed by atoms with Gasteiger partial charge in [-0.25, -0.2) is 0 Å². The van der Waals surface area contributed by atoms with Crippen molar-refractivity contribution in [3.63, 3.8) is 0 Å². The molecular formula is C15H18N2O3. The van der Waals surface area contributed by atoms with E-state index in [1.165, 1.54) is 0 Å². The normalized spacial score (nSPS) is 13.4. The van der Waals surface area contributed by atoms with Crippen molar-refractivity contribution in [2.24, 2.45) is 7.05 Å². The Morgan fingerprint density at radius 3 is 2.75 bits per heavy atom. The maximum absolute atomic E-state index is 12.3. The number of aromatic nitrogens is 1. The molecule has 0 spiro atoms. The lowest BCUT2D eigenvalue weighted by atomic mass is 10.1. The molecule has 1 aliphatic rings. The highest BCUT2D eigenvalue weighted by Crippen LogP contribution is 2.37. The Morgan fingerprint density at radius 1 is 1.35 bits per heavy atom. The zero-order valence-electron chi connectivity index (χ0n) is 11.9. The van der Waals surface area contributed by atoms with Gasteiger partial charge in [0.15, 0.2) is 17.3 Å². The van der Waals surface area contributed by atoms with Gasteiger partial charge in [0.05, 0.1) is 12.1 Å². The summed E-state index contributed by atoms with van der Waals surface area (Å²) in [6.07, 6.45) is 1.87. The number of nitrogens with zero attached hydrogens (tertiary/aromatic N) is 1. The first-order valence-electron chi connectivity index (χ1n) is 6.71. The molecule has 0 saturated heterocycles. The minimum absolute atomic E-state index is 0.0863. The van der Waals surface area contributed by atoms with Crippen LogP contribution in [0.15, 0.2) is 18.3 Å². The van der Waals surface area contributed by atoms with Crippen LogP contribution in [0.5, 0.6) is 11.5 Å². The Kier molecular flexibility index (Phi) is 3.14. The number of benzene rings is 1. The largest absolute Gasteiger partial charge is 0.454 e. The maximum Gasteiger partial charge on any atom is 0.231 e. The van der Waals surface area contributed by atoms with Gasteiger partial charge in [-0.15, -0.1) is 0 Å². The molecule has 20 heavy (non-hydrogen) atoms. The summed E-state index contributed by atoms with van der Waals surface area (Å²) in [5, 5.41) is 4.06. The van der Waals surface area contributed by atoms with Crippen LogP contribution in [0.1, 0.15) is 24.2 Å². The smallest absolute Gasteiger partial charge is 0.231 e. The van der Waals surface area contributed by atoms with E-state index in [1.807, 2.05) is 43.8 Å². The highest BCUT2D eigenvalue weighted by molar-refractivity contribution is 6.09. The van der Waals surface area contributed by atoms with E-state index < -0.39 is 0 Å². The number of carbonyl (C=O) groups is 1. The number of aryl methyl sites for hydroxylation is 1. The molecule has 1 aliphatic heterocycles. The number of nitrogens with one attached hydrogen (secondary N) is 1. The van der Waals surface area contributed by atoms with Gasteiger partial charge in [-0.05, 0) is 6.07 Å². The number of hydrogen-bond donors (Lipinski definition) is 1. The van der Waals surface area contributed by atoms with Gasteiger partial charge < -0.3 is 19.4 Å². The molecule has 1 aromatic heterocycles. The predicted octanol–water partition coefficient (Wildman–Crippen LogP) is 2.09. The predicted molar refractivity (Wildman–Crippen MR) is 76.5 cm³/mol. The number of ketones is 1. The standard InChI is InChI=1S/C15H18N2O3/c1-9(2)16-6-13(18)11-7-17(3)12-5-15-14(4-10(11)12)19-8-20-15/h4-5,7,9,16H,6,8H2,1-3H3. The third-order valence-electron chi connectivity index (χ3n) is 3.46. The fraction of sp³-hybridized carbons (Fsp3) is 0.400. The SMILES string of the molecule is CC(C)NCC(=O)c1cn(C)c2cc3c(cc12)OCO3. The van der Waals surface area contributed by atoms with Crippen LogP contribution in [-0.2, 0) is 7.05 Å². The second-order valence-electron chi connectivity index (χ2n) is 5.34. The Balaban J connectivity index is 2.01. The van der Waals surface area contributed by atoms with Crippen molar-refractivity contribution in [2.75, 3.05) is 13.3 Å². The van der Waals surface area contributed by atoms with Crippen molar-refractivity contribution in [3.05, 3.63) is 23.9 Å². The van der Waals surface area contributed by atoms with Crippen LogP contribution in [-0.4, -0.2) is 29.7 Å². The fourth-order valence-electron chi connectivity index (χ4n) is 2.39. The molecule has 106 valence electrons. The molecule has 3 rings (SSSR count). The van der Waals surface area contributed by atoms with Gasteiger partial charge in [0.25, 0.3) is 0 Å². The van der Waals surface area contributed by atoms with E-state index in [0.29, 0.717) is 17.9 Å². The highest BCUT2D eigenvalue weighted by Gasteiger charge is 2.20. The zero-order valence-corrected chi connectivity index (χ0v) is 11.9. The average molecular weight is 274 g/mol. The first-order chi connectivity index (χ1) is 9.56. The Bertz CT molecular complexity index is 673. The van der Waals surface area contributed by atoms with E-state index in [9.17, 15) is 4.79 Å². The first-order valence-corrected chi connectivity index (χ1v) is 6.71. The van der Waals surface area contributed by atoms with Gasteiger partial charge in [0.1, 0.15) is 0 Å². The number of carbonyl (C=O) groups excluding carboxylic acids is 1. The second kappa shape index (κ2) is 4.83. The van der Waals surface area contributed by atoms with E-state index >= 15 is 0 Å². The maximum atomic E-state index is 12.3. The van der Waals surface area contributed by atoms with E-state index in [1.54, 1.807) is 0 Å². The van der Waals surface area contributed by atoms with Crippen LogP contribution in [0.3, 0.4) is 0 Å². The van der Waals surface area contributed by atoms with Crippen LogP contribution in [0.4, 0.5) is 0 Å². The molecule has 0 aliphatic carbocycles. The highest BCUT2D eigenvalue weighted by atomic mass is 16.7. The molecular weight excluding hydrogens is 256 g/mol. The third-order valence-corrected chi connectivity index (χ3v) is 3.46. The van der Waals surface area contributed by atoms with Gasteiger partial charge >= 0.3 is 0 Å². The van der Waals surface area contributed by atoms with E-state index in [0.717, 1.165) is 16.7 Å². The zero-order chi connectivity index (χ0) is 14.3. The molecule has 0 unspecified atom stereocenters. The molecule has 2 aromatic rings. The number of Topliss-reactive ketones (excluding diaryl/α,β-unsaturated/α-hetero) is 1. The van der Waals surface area contributed by atoms with E-state index in [2.05, 4.69) is 5.32 Å². The Hall–Kier alpha value is -2.01. The molecule has 1 aromatic carbocycles. The molecule has 5 nitrogen and oxygen atoms in total. The van der Waals surface area contributed by atoms with Crippen LogP contribution in [0, 0.1) is 0 Å². The summed E-state index contributed by atoms with van der Waals surface area (Å²) in [4.78, 5) is 12.3. The summed E-state index contributed by atoms with van der Waals surface area (Å²) in [5.74, 6) is 1.52. The van der Waals surface area contributed by atoms with Gasteiger partial charge in [0.2, 0.25) is 6.79 Å². The van der Waals surface area contributed by atoms with E-state index in [4.69, 9.17) is 9.47 Å². The molecule has 0 radical (unpaired) electrons. The van der Waals surface area contributed by atoms with Crippen molar-refractivity contribution in [1.82, 2.24) is 9.88 Å². The molecule has 0 saturated carbocycles. The quantitative estimate of drug-likeness (QED) is 0.867. The lowest BCUT2D eigenvalue weighted by Gasteiger charge is -2.06. The minimum Gasteiger partial charge on any atom is -0.454 e. The van der Waals surface area contributed by atoms with Crippen LogP contribution < -0.4 is 14.8 Å². The average Bonchev–Trinajstić information content (AvgIpc) is 2.98. The topological polar surface area (TPSA) is 52.5 Å². The summed E-state index contributed by atoms with van der Waals surface area (Å²) < 4.78 is 12.7. The van der Waals surface area contributed by atoms with E-state index in [-0.39, 0.29) is 18.6 Å². The summed E-state index contributed by atoms with van der Waals surface area (Å²) in [6, 6.07) is 4.10. The fourth-order valence-corrected chi connectivity index (χ4v) is 2.39. The summed E-state index contributed by atoms with van der Waals surface area (Å²) >= 11 is 0. The van der Waals surface area contributed by atoms with Crippen LogP contribution in [0.2, 0.25) is 0 Å². The Labute approximate surface area is 117 Å². The van der Waals surface area contributed by atoms with Gasteiger partial charge in [0, 0.05) is 36.3 Å². The summed E-state index contributed by atoms with van der Waals surface area (Å²) in [6.45, 7) is 4.62. The summed E-state index contributed by atoms with van der Waals surface area (Å²) in [5.41, 5.74) is 1.69. The lowest BCUT2D eigenvalue weighted by Crippen LogP contribution is -2.29. The van der Waals surface area contributed by atoms with Crippen molar-refractivity contribution >= 4 is 16.7 Å². The Morgan fingerprint density at radius 2 is 2.05 bits per heavy atom. The molecule has 0 atom stereocenters. The number of fused-ring (bicyclic) bond motifs is 2. The van der Waals surface area contributed by atoms with Crippen molar-refractivity contribution in [2.45, 2.75) is 19.9 Å². The van der Waals surface area contributed by atoms with Gasteiger partial charge in [-0.3, -0.25) is 4.79 Å². The second-order valence-corrected chi connectivity index (χ2v) is 5.34. The van der Waals surface area contributed by atoms with Crippen LogP contribution in [0.25, 0.3) is 10.9 Å². The third kappa shape index (κ3) is 2.14.